The van der Waals surface area contributed by atoms with Crippen LogP contribution in [-0.2, 0) is 11.4 Å². The van der Waals surface area contributed by atoms with E-state index in [1.807, 2.05) is 36.4 Å². The van der Waals surface area contributed by atoms with Gasteiger partial charge in [-0.3, -0.25) is 14.5 Å². The van der Waals surface area contributed by atoms with E-state index in [4.69, 9.17) is 4.74 Å². The molecule has 1 aliphatic carbocycles. The van der Waals surface area contributed by atoms with Crippen LogP contribution in [0.5, 0.6) is 5.75 Å². The fourth-order valence-corrected chi connectivity index (χ4v) is 6.19. The predicted octanol–water partition coefficient (Wildman–Crippen LogP) is 7.64. The minimum absolute atomic E-state index is 0.146. The maximum Gasteiger partial charge on any atom is 0.293 e. The highest BCUT2D eigenvalue weighted by atomic mass is 127. The monoisotopic (exact) mass is 583 g/mol. The molecule has 4 nitrogen and oxygen atoms in total. The summed E-state index contributed by atoms with van der Waals surface area (Å²) in [4.78, 5) is 27.3. The van der Waals surface area contributed by atoms with Crippen molar-refractivity contribution in [2.24, 2.45) is 5.92 Å². The number of benzene rings is 3. The molecule has 0 spiro atoms. The Kier molecular flexibility index (Phi) is 7.25. The van der Waals surface area contributed by atoms with Crippen LogP contribution in [0, 0.1) is 9.49 Å². The van der Waals surface area contributed by atoms with Crippen molar-refractivity contribution in [3.05, 3.63) is 80.3 Å². The normalized spacial score (nSPS) is 18.3. The maximum absolute atomic E-state index is 12.9. The van der Waals surface area contributed by atoms with Crippen LogP contribution in [0.4, 0.5) is 4.79 Å². The second-order valence-corrected chi connectivity index (χ2v) is 11.1. The molecule has 3 aromatic rings. The number of carbonyl (C=O) groups is 2. The predicted molar refractivity (Wildman–Crippen MR) is 147 cm³/mol. The molecule has 0 aromatic heterocycles. The number of amides is 2. The van der Waals surface area contributed by atoms with Crippen LogP contribution in [0.1, 0.15) is 43.2 Å². The molecule has 1 aliphatic heterocycles. The second-order valence-electron chi connectivity index (χ2n) is 8.96. The van der Waals surface area contributed by atoms with Crippen molar-refractivity contribution < 1.29 is 14.3 Å². The Labute approximate surface area is 217 Å². The summed E-state index contributed by atoms with van der Waals surface area (Å²) in [7, 11) is 0. The standard InChI is InChI=1S/C28H26INO3S/c29-24-15-20(16-26-27(31)30(28(32)34-26)17-19-6-2-1-3-7-19)11-13-25(24)33-18-21-10-12-22-8-4-5-9-23(22)14-21/h4-5,8-16,19H,1-3,6-7,17-18H2/b26-16+. The Morgan fingerprint density at radius 1 is 0.971 bits per heavy atom. The van der Waals surface area contributed by atoms with E-state index < -0.39 is 0 Å². The van der Waals surface area contributed by atoms with E-state index in [9.17, 15) is 9.59 Å². The highest BCUT2D eigenvalue weighted by Crippen LogP contribution is 2.35. The minimum Gasteiger partial charge on any atom is -0.488 e. The number of halogens is 1. The van der Waals surface area contributed by atoms with Crippen molar-refractivity contribution >= 4 is 62.3 Å². The lowest BCUT2D eigenvalue weighted by Gasteiger charge is -2.25. The molecule has 0 radical (unpaired) electrons. The highest BCUT2D eigenvalue weighted by Gasteiger charge is 2.36. The van der Waals surface area contributed by atoms with Gasteiger partial charge in [0.05, 0.1) is 8.48 Å². The van der Waals surface area contributed by atoms with Crippen LogP contribution < -0.4 is 4.74 Å². The lowest BCUT2D eigenvalue weighted by Crippen LogP contribution is -2.34. The Hall–Kier alpha value is -2.32. The second kappa shape index (κ2) is 10.5. The van der Waals surface area contributed by atoms with Crippen LogP contribution in [0.3, 0.4) is 0 Å². The fraction of sp³-hybridized carbons (Fsp3) is 0.286. The maximum atomic E-state index is 12.9. The molecule has 2 fully saturated rings. The summed E-state index contributed by atoms with van der Waals surface area (Å²) in [5, 5.41) is 2.27. The molecule has 1 heterocycles. The minimum atomic E-state index is -0.160. The van der Waals surface area contributed by atoms with Crippen molar-refractivity contribution in [3.8, 4) is 5.75 Å². The quantitative estimate of drug-likeness (QED) is 0.221. The smallest absolute Gasteiger partial charge is 0.293 e. The number of hydrogen-bond donors (Lipinski definition) is 0. The van der Waals surface area contributed by atoms with E-state index in [2.05, 4.69) is 52.9 Å². The Morgan fingerprint density at radius 2 is 1.76 bits per heavy atom. The molecule has 3 aromatic carbocycles. The molecule has 0 atom stereocenters. The summed E-state index contributed by atoms with van der Waals surface area (Å²) >= 11 is 3.30. The van der Waals surface area contributed by atoms with Gasteiger partial charge in [0.25, 0.3) is 11.1 Å². The lowest BCUT2D eigenvalue weighted by atomic mass is 9.89. The van der Waals surface area contributed by atoms with E-state index in [1.54, 1.807) is 0 Å². The van der Waals surface area contributed by atoms with Gasteiger partial charge in [-0.1, -0.05) is 61.7 Å². The van der Waals surface area contributed by atoms with Crippen LogP contribution in [0.15, 0.2) is 65.6 Å². The number of carbonyl (C=O) groups excluding carboxylic acids is 2. The van der Waals surface area contributed by atoms with E-state index in [1.165, 1.54) is 34.9 Å². The topological polar surface area (TPSA) is 46.6 Å². The third-order valence-electron chi connectivity index (χ3n) is 6.50. The first-order chi connectivity index (χ1) is 16.6. The third-order valence-corrected chi connectivity index (χ3v) is 8.25. The molecule has 1 saturated carbocycles. The largest absolute Gasteiger partial charge is 0.488 e. The van der Waals surface area contributed by atoms with Crippen LogP contribution in [0.25, 0.3) is 16.8 Å². The van der Waals surface area contributed by atoms with Gasteiger partial charge in [-0.15, -0.1) is 0 Å². The SMILES string of the molecule is O=C1S/C(=C/c2ccc(OCc3ccc4ccccc4c3)c(I)c2)C(=O)N1CC1CCCCC1. The summed E-state index contributed by atoms with van der Waals surface area (Å²) in [6, 6.07) is 20.5. The van der Waals surface area contributed by atoms with Crippen LogP contribution in [-0.4, -0.2) is 22.6 Å². The molecule has 1 saturated heterocycles. The van der Waals surface area contributed by atoms with Gasteiger partial charge in [-0.05, 0) is 99.3 Å². The molecule has 174 valence electrons. The first-order valence-corrected chi connectivity index (χ1v) is 13.6. The van der Waals surface area contributed by atoms with Gasteiger partial charge in [0, 0.05) is 6.54 Å². The molecule has 0 bridgehead atoms. The zero-order valence-electron chi connectivity index (χ0n) is 18.8. The average Bonchev–Trinajstić information content (AvgIpc) is 3.11. The number of imide groups is 1. The van der Waals surface area contributed by atoms with E-state index in [-0.39, 0.29) is 11.1 Å². The van der Waals surface area contributed by atoms with E-state index in [0.29, 0.717) is 24.0 Å². The summed E-state index contributed by atoms with van der Waals surface area (Å²) < 4.78 is 7.04. The molecule has 5 rings (SSSR count). The summed E-state index contributed by atoms with van der Waals surface area (Å²) in [6.45, 7) is 1.04. The van der Waals surface area contributed by atoms with Crippen LogP contribution in [0.2, 0.25) is 0 Å². The highest BCUT2D eigenvalue weighted by molar-refractivity contribution is 14.1. The zero-order chi connectivity index (χ0) is 23.5. The van der Waals surface area contributed by atoms with E-state index >= 15 is 0 Å². The van der Waals surface area contributed by atoms with Crippen molar-refractivity contribution in [1.29, 1.82) is 0 Å². The summed E-state index contributed by atoms with van der Waals surface area (Å²) in [5.41, 5.74) is 2.01. The Bertz CT molecular complexity index is 1270. The first-order valence-electron chi connectivity index (χ1n) is 11.7. The molecule has 6 heteroatoms. The molecular weight excluding hydrogens is 557 g/mol. The molecule has 34 heavy (non-hydrogen) atoms. The van der Waals surface area contributed by atoms with Gasteiger partial charge in [0.1, 0.15) is 12.4 Å². The van der Waals surface area contributed by atoms with Crippen molar-refractivity contribution in [3.63, 3.8) is 0 Å². The summed E-state index contributed by atoms with van der Waals surface area (Å²) in [5.74, 6) is 1.09. The molecule has 2 aliphatic rings. The number of nitrogens with zero attached hydrogens (tertiary/aromatic N) is 1. The third kappa shape index (κ3) is 5.33. The summed E-state index contributed by atoms with van der Waals surface area (Å²) in [6.07, 6.45) is 7.70. The van der Waals surface area contributed by atoms with Gasteiger partial charge < -0.3 is 4.74 Å². The number of rotatable bonds is 6. The average molecular weight is 583 g/mol. The lowest BCUT2D eigenvalue weighted by molar-refractivity contribution is -0.123. The van der Waals surface area contributed by atoms with Gasteiger partial charge in [0.2, 0.25) is 0 Å². The molecule has 2 amide bonds. The van der Waals surface area contributed by atoms with Crippen molar-refractivity contribution in [1.82, 2.24) is 4.90 Å². The Balaban J connectivity index is 1.24. The van der Waals surface area contributed by atoms with Gasteiger partial charge >= 0.3 is 0 Å². The number of fused-ring (bicyclic) bond motifs is 1. The van der Waals surface area contributed by atoms with Gasteiger partial charge in [-0.2, -0.15) is 0 Å². The number of hydrogen-bond acceptors (Lipinski definition) is 4. The van der Waals surface area contributed by atoms with E-state index in [0.717, 1.165) is 45.1 Å². The van der Waals surface area contributed by atoms with Gasteiger partial charge in [-0.25, -0.2) is 0 Å². The van der Waals surface area contributed by atoms with Crippen molar-refractivity contribution in [2.45, 2.75) is 38.7 Å². The fourth-order valence-electron chi connectivity index (χ4n) is 4.65. The first kappa shape index (κ1) is 23.4. The molecule has 0 unspecified atom stereocenters. The van der Waals surface area contributed by atoms with Crippen molar-refractivity contribution in [2.75, 3.05) is 6.54 Å². The molecular formula is C28H26INO3S. The zero-order valence-corrected chi connectivity index (χ0v) is 21.8. The van der Waals surface area contributed by atoms with Crippen LogP contribution >= 0.6 is 34.4 Å². The van der Waals surface area contributed by atoms with Gasteiger partial charge in [0.15, 0.2) is 0 Å². The molecule has 0 N–H and O–H groups in total. The number of ether oxygens (including phenoxy) is 1. The number of thioether (sulfide) groups is 1. The Morgan fingerprint density at radius 3 is 2.56 bits per heavy atom.